The molecule has 0 bridgehead atoms. The first-order valence-electron chi connectivity index (χ1n) is 10.9. The fourth-order valence-electron chi connectivity index (χ4n) is 3.40. The second-order valence-electron chi connectivity index (χ2n) is 7.51. The first kappa shape index (κ1) is 24.5. The van der Waals surface area contributed by atoms with Gasteiger partial charge in [0.25, 0.3) is 0 Å². The van der Waals surface area contributed by atoms with Crippen molar-refractivity contribution in [1.82, 2.24) is 20.1 Å². The predicted octanol–water partition coefficient (Wildman–Crippen LogP) is 4.93. The fraction of sp³-hybridized carbons (Fsp3) is 0.320. The number of para-hydroxylation sites is 1. The van der Waals surface area contributed by atoms with Crippen LogP contribution in [0, 0.1) is 5.82 Å². The highest BCUT2D eigenvalue weighted by Crippen LogP contribution is 2.23. The van der Waals surface area contributed by atoms with E-state index < -0.39 is 0 Å². The molecular formula is C25H29FN4O2S. The van der Waals surface area contributed by atoms with Crippen LogP contribution in [0.2, 0.25) is 0 Å². The Kier molecular flexibility index (Phi) is 9.50. The summed E-state index contributed by atoms with van der Waals surface area (Å²) in [5.41, 5.74) is 1.85. The van der Waals surface area contributed by atoms with Gasteiger partial charge in [0.2, 0.25) is 5.91 Å². The minimum absolute atomic E-state index is 0.0137. The van der Waals surface area contributed by atoms with Gasteiger partial charge in [0.1, 0.15) is 17.4 Å². The molecule has 0 aliphatic heterocycles. The molecule has 33 heavy (non-hydrogen) atoms. The number of allylic oxidation sites excluding steroid dienone is 1. The molecule has 0 atom stereocenters. The Morgan fingerprint density at radius 2 is 2.06 bits per heavy atom. The number of benzene rings is 2. The van der Waals surface area contributed by atoms with Crippen LogP contribution in [0.1, 0.15) is 36.2 Å². The van der Waals surface area contributed by atoms with Gasteiger partial charge in [0.05, 0.1) is 7.11 Å². The molecule has 1 amide bonds. The minimum Gasteiger partial charge on any atom is -0.496 e. The molecule has 0 fully saturated rings. The first-order valence-corrected chi connectivity index (χ1v) is 11.9. The number of aromatic nitrogens is 3. The summed E-state index contributed by atoms with van der Waals surface area (Å²) in [7, 11) is 1.62. The molecule has 0 spiro atoms. The fourth-order valence-corrected chi connectivity index (χ4v) is 4.31. The molecule has 8 heteroatoms. The summed E-state index contributed by atoms with van der Waals surface area (Å²) in [6.07, 6.45) is 4.56. The first-order chi connectivity index (χ1) is 16.1. The van der Waals surface area contributed by atoms with Crippen molar-refractivity contribution in [2.75, 3.05) is 7.11 Å². The zero-order valence-corrected chi connectivity index (χ0v) is 19.6. The molecular weight excluding hydrogens is 439 g/mol. The minimum atomic E-state index is -0.242. The maximum Gasteiger partial charge on any atom is 0.220 e. The van der Waals surface area contributed by atoms with Crippen LogP contribution in [0.15, 0.2) is 66.3 Å². The van der Waals surface area contributed by atoms with Crippen molar-refractivity contribution in [3.05, 3.63) is 84.0 Å². The number of halogens is 1. The Hall–Kier alpha value is -3.13. The molecule has 3 aromatic rings. The zero-order chi connectivity index (χ0) is 23.5. The third kappa shape index (κ3) is 7.46. The van der Waals surface area contributed by atoms with Crippen molar-refractivity contribution in [2.45, 2.75) is 49.7 Å². The third-order valence-electron chi connectivity index (χ3n) is 5.08. The quantitative estimate of drug-likeness (QED) is 0.219. The Labute approximate surface area is 198 Å². The molecule has 0 radical (unpaired) electrons. The van der Waals surface area contributed by atoms with Crippen LogP contribution in [-0.2, 0) is 30.1 Å². The number of rotatable bonds is 13. The number of hydrogen-bond acceptors (Lipinski definition) is 5. The van der Waals surface area contributed by atoms with E-state index in [0.29, 0.717) is 25.3 Å². The Morgan fingerprint density at radius 1 is 1.21 bits per heavy atom. The van der Waals surface area contributed by atoms with Gasteiger partial charge in [-0.05, 0) is 36.6 Å². The Balaban J connectivity index is 1.45. The van der Waals surface area contributed by atoms with E-state index in [4.69, 9.17) is 4.74 Å². The molecule has 0 saturated carbocycles. The number of hydrogen-bond donors (Lipinski definition) is 1. The number of thioether (sulfide) groups is 1. The number of nitrogens with zero attached hydrogens (tertiary/aromatic N) is 3. The molecule has 2 aromatic carbocycles. The molecule has 6 nitrogen and oxygen atoms in total. The summed E-state index contributed by atoms with van der Waals surface area (Å²) in [4.78, 5) is 12.2. The van der Waals surface area contributed by atoms with Gasteiger partial charge in [-0.3, -0.25) is 4.79 Å². The molecule has 0 unspecified atom stereocenters. The number of amides is 1. The molecule has 0 aliphatic rings. The van der Waals surface area contributed by atoms with Gasteiger partial charge in [-0.15, -0.1) is 16.8 Å². The highest BCUT2D eigenvalue weighted by atomic mass is 32.2. The Morgan fingerprint density at radius 3 is 2.85 bits per heavy atom. The number of ether oxygens (including phenoxy) is 1. The van der Waals surface area contributed by atoms with E-state index in [1.54, 1.807) is 13.2 Å². The zero-order valence-electron chi connectivity index (χ0n) is 18.8. The second-order valence-corrected chi connectivity index (χ2v) is 8.45. The van der Waals surface area contributed by atoms with Gasteiger partial charge in [-0.1, -0.05) is 48.2 Å². The van der Waals surface area contributed by atoms with Crippen LogP contribution >= 0.6 is 11.8 Å². The summed E-state index contributed by atoms with van der Waals surface area (Å²) in [6, 6.07) is 14.2. The van der Waals surface area contributed by atoms with Gasteiger partial charge < -0.3 is 14.6 Å². The van der Waals surface area contributed by atoms with Crippen LogP contribution in [0.25, 0.3) is 0 Å². The van der Waals surface area contributed by atoms with E-state index >= 15 is 0 Å². The summed E-state index contributed by atoms with van der Waals surface area (Å²) in [5, 5.41) is 12.4. The lowest BCUT2D eigenvalue weighted by Gasteiger charge is -2.10. The number of unbranched alkanes of at least 4 members (excludes halogenated alkanes) is 1. The van der Waals surface area contributed by atoms with Crippen molar-refractivity contribution in [3.63, 3.8) is 0 Å². The Bertz CT molecular complexity index is 1070. The van der Waals surface area contributed by atoms with Crippen LogP contribution in [-0.4, -0.2) is 27.8 Å². The maximum atomic E-state index is 13.4. The third-order valence-corrected chi connectivity index (χ3v) is 6.12. The number of carbonyl (C=O) groups is 1. The second kappa shape index (κ2) is 12.8. The van der Waals surface area contributed by atoms with Gasteiger partial charge in [0.15, 0.2) is 5.16 Å². The van der Waals surface area contributed by atoms with Crippen LogP contribution in [0.4, 0.5) is 4.39 Å². The van der Waals surface area contributed by atoms with Crippen LogP contribution in [0.5, 0.6) is 5.75 Å². The highest BCUT2D eigenvalue weighted by Gasteiger charge is 2.12. The molecule has 3 rings (SSSR count). The smallest absolute Gasteiger partial charge is 0.220 e. The van der Waals surface area contributed by atoms with Gasteiger partial charge in [-0.2, -0.15) is 0 Å². The van der Waals surface area contributed by atoms with Crippen LogP contribution < -0.4 is 10.1 Å². The number of methoxy groups -OCH3 is 1. The summed E-state index contributed by atoms with van der Waals surface area (Å²) < 4.78 is 20.7. The van der Waals surface area contributed by atoms with Crippen LogP contribution in [0.3, 0.4) is 0 Å². The van der Waals surface area contributed by atoms with E-state index in [1.807, 2.05) is 41.0 Å². The summed E-state index contributed by atoms with van der Waals surface area (Å²) in [5.74, 6) is 2.02. The topological polar surface area (TPSA) is 69.0 Å². The standard InChI is InChI=1S/C25H29FN4O2S/c1-3-15-30-23(28-29-25(30)33-18-19-9-8-11-21(26)16-19)13-6-7-14-24(31)27-17-20-10-4-5-12-22(20)32-2/h3-5,8-12,16H,1,6-7,13-15,17-18H2,2H3,(H,27,31). The predicted molar refractivity (Wildman–Crippen MR) is 129 cm³/mol. The van der Waals surface area contributed by atoms with Gasteiger partial charge >= 0.3 is 0 Å². The van der Waals surface area contributed by atoms with Crippen molar-refractivity contribution in [1.29, 1.82) is 0 Å². The number of nitrogens with one attached hydrogen (secondary N) is 1. The van der Waals surface area contributed by atoms with E-state index in [-0.39, 0.29) is 11.7 Å². The lowest BCUT2D eigenvalue weighted by atomic mass is 10.1. The average Bonchev–Trinajstić information content (AvgIpc) is 3.21. The van der Waals surface area contributed by atoms with E-state index in [2.05, 4.69) is 22.1 Å². The normalized spacial score (nSPS) is 10.7. The number of aryl methyl sites for hydroxylation is 1. The highest BCUT2D eigenvalue weighted by molar-refractivity contribution is 7.98. The lowest BCUT2D eigenvalue weighted by Crippen LogP contribution is -2.22. The summed E-state index contributed by atoms with van der Waals surface area (Å²) >= 11 is 1.52. The van der Waals surface area contributed by atoms with E-state index in [9.17, 15) is 9.18 Å². The molecule has 1 aromatic heterocycles. The van der Waals surface area contributed by atoms with Gasteiger partial charge in [0, 0.05) is 37.2 Å². The van der Waals surface area contributed by atoms with Crippen molar-refractivity contribution >= 4 is 17.7 Å². The van der Waals surface area contributed by atoms with Gasteiger partial charge in [-0.25, -0.2) is 4.39 Å². The largest absolute Gasteiger partial charge is 0.496 e. The summed E-state index contributed by atoms with van der Waals surface area (Å²) in [6.45, 7) is 4.88. The molecule has 1 heterocycles. The molecule has 0 aliphatic carbocycles. The van der Waals surface area contributed by atoms with Crippen molar-refractivity contribution in [2.24, 2.45) is 0 Å². The van der Waals surface area contributed by atoms with Crippen molar-refractivity contribution < 1.29 is 13.9 Å². The van der Waals surface area contributed by atoms with Crippen molar-refractivity contribution in [3.8, 4) is 5.75 Å². The monoisotopic (exact) mass is 468 g/mol. The molecule has 0 saturated heterocycles. The SMILES string of the molecule is C=CCn1c(CCCCC(=O)NCc2ccccc2OC)nnc1SCc1cccc(F)c1. The molecule has 1 N–H and O–H groups in total. The maximum absolute atomic E-state index is 13.4. The molecule has 174 valence electrons. The lowest BCUT2D eigenvalue weighted by molar-refractivity contribution is -0.121. The van der Waals surface area contributed by atoms with E-state index in [1.165, 1.54) is 23.9 Å². The average molecular weight is 469 g/mol. The number of carbonyl (C=O) groups excluding carboxylic acids is 1. The van der Waals surface area contributed by atoms with E-state index in [0.717, 1.165) is 47.1 Å².